The molecule has 0 aromatic heterocycles. The highest BCUT2D eigenvalue weighted by Crippen LogP contribution is 2.31. The number of amides is 1. The standard InChI is InChI=1S/C18H30N2O4S/c1-13(2)10-11-20(16(17(19)21)18(3,4)5)25(22,23)15-9-7-8-14(12-15)24-6/h7-9,12-13,16H,10-11H2,1-6H3,(H2,19,21)/t16-/m0/s1. The first-order valence-electron chi connectivity index (χ1n) is 8.36. The molecule has 0 radical (unpaired) electrons. The molecule has 0 aliphatic carbocycles. The SMILES string of the molecule is COc1cccc(S(=O)(=O)N(CCC(C)C)[C@@H](C(N)=O)C(C)(C)C)c1. The van der Waals surface area contributed by atoms with Gasteiger partial charge in [-0.25, -0.2) is 8.42 Å². The topological polar surface area (TPSA) is 89.7 Å². The summed E-state index contributed by atoms with van der Waals surface area (Å²) < 4.78 is 32.9. The number of nitrogens with zero attached hydrogens (tertiary/aromatic N) is 1. The highest BCUT2D eigenvalue weighted by Gasteiger charge is 2.41. The minimum atomic E-state index is -3.90. The van der Waals surface area contributed by atoms with Crippen molar-refractivity contribution >= 4 is 15.9 Å². The molecule has 0 spiro atoms. The van der Waals surface area contributed by atoms with Crippen molar-refractivity contribution < 1.29 is 17.9 Å². The third kappa shape index (κ3) is 5.44. The van der Waals surface area contributed by atoms with Gasteiger partial charge in [0.15, 0.2) is 0 Å². The van der Waals surface area contributed by atoms with Gasteiger partial charge in [-0.3, -0.25) is 4.79 Å². The van der Waals surface area contributed by atoms with Crippen LogP contribution in [0.2, 0.25) is 0 Å². The summed E-state index contributed by atoms with van der Waals surface area (Å²) in [5.41, 5.74) is 4.96. The van der Waals surface area contributed by atoms with Gasteiger partial charge >= 0.3 is 0 Å². The maximum absolute atomic E-state index is 13.3. The number of carbonyl (C=O) groups excluding carboxylic acids is 1. The molecule has 142 valence electrons. The van der Waals surface area contributed by atoms with Crippen LogP contribution in [0, 0.1) is 11.3 Å². The summed E-state index contributed by atoms with van der Waals surface area (Å²) >= 11 is 0. The van der Waals surface area contributed by atoms with E-state index in [2.05, 4.69) is 0 Å². The number of rotatable bonds is 8. The lowest BCUT2D eigenvalue weighted by molar-refractivity contribution is -0.124. The molecule has 0 saturated heterocycles. The third-order valence-electron chi connectivity index (χ3n) is 3.95. The summed E-state index contributed by atoms with van der Waals surface area (Å²) in [5.74, 6) is 0.0792. The van der Waals surface area contributed by atoms with E-state index < -0.39 is 27.4 Å². The van der Waals surface area contributed by atoms with Crippen molar-refractivity contribution in [1.29, 1.82) is 0 Å². The number of carbonyl (C=O) groups is 1. The van der Waals surface area contributed by atoms with Gasteiger partial charge in [0.2, 0.25) is 15.9 Å². The van der Waals surface area contributed by atoms with Crippen molar-refractivity contribution in [1.82, 2.24) is 4.31 Å². The highest BCUT2D eigenvalue weighted by atomic mass is 32.2. The maximum Gasteiger partial charge on any atom is 0.243 e. The fourth-order valence-electron chi connectivity index (χ4n) is 2.67. The minimum absolute atomic E-state index is 0.0890. The Bertz CT molecular complexity index is 693. The summed E-state index contributed by atoms with van der Waals surface area (Å²) in [4.78, 5) is 12.2. The quantitative estimate of drug-likeness (QED) is 0.762. The van der Waals surface area contributed by atoms with Crippen molar-refractivity contribution in [2.45, 2.75) is 52.0 Å². The van der Waals surface area contributed by atoms with E-state index in [9.17, 15) is 13.2 Å². The van der Waals surface area contributed by atoms with Crippen molar-refractivity contribution in [3.8, 4) is 5.75 Å². The Labute approximate surface area is 151 Å². The normalized spacial score (nSPS) is 13.9. The molecule has 1 rings (SSSR count). The number of ether oxygens (including phenoxy) is 1. The smallest absolute Gasteiger partial charge is 0.243 e. The lowest BCUT2D eigenvalue weighted by Gasteiger charge is -2.37. The van der Waals surface area contributed by atoms with Gasteiger partial charge in [-0.05, 0) is 29.9 Å². The van der Waals surface area contributed by atoms with Crippen LogP contribution in [-0.4, -0.2) is 38.3 Å². The average Bonchev–Trinajstić information content (AvgIpc) is 2.49. The van der Waals surface area contributed by atoms with Crippen LogP contribution in [0.4, 0.5) is 0 Å². The second kappa shape index (κ2) is 8.19. The Hall–Kier alpha value is -1.60. The molecular weight excluding hydrogens is 340 g/mol. The molecule has 2 N–H and O–H groups in total. The lowest BCUT2D eigenvalue weighted by atomic mass is 9.86. The maximum atomic E-state index is 13.3. The highest BCUT2D eigenvalue weighted by molar-refractivity contribution is 7.89. The van der Waals surface area contributed by atoms with Crippen molar-refractivity contribution in [2.75, 3.05) is 13.7 Å². The second-order valence-electron chi connectivity index (χ2n) is 7.65. The molecule has 1 aromatic carbocycles. The largest absolute Gasteiger partial charge is 0.497 e. The number of hydrogen-bond donors (Lipinski definition) is 1. The van der Waals surface area contributed by atoms with E-state index in [-0.39, 0.29) is 17.4 Å². The van der Waals surface area contributed by atoms with Crippen LogP contribution in [0.15, 0.2) is 29.2 Å². The minimum Gasteiger partial charge on any atom is -0.497 e. The molecule has 1 amide bonds. The lowest BCUT2D eigenvalue weighted by Crippen LogP contribution is -2.54. The Morgan fingerprint density at radius 2 is 1.88 bits per heavy atom. The molecule has 0 saturated carbocycles. The predicted molar refractivity (Wildman–Crippen MR) is 98.8 cm³/mol. The molecule has 0 aliphatic rings. The molecule has 25 heavy (non-hydrogen) atoms. The average molecular weight is 371 g/mol. The Morgan fingerprint density at radius 1 is 1.28 bits per heavy atom. The monoisotopic (exact) mass is 370 g/mol. The summed E-state index contributed by atoms with van der Waals surface area (Å²) in [6.07, 6.45) is 0.628. The van der Waals surface area contributed by atoms with Gasteiger partial charge in [-0.15, -0.1) is 0 Å². The van der Waals surface area contributed by atoms with Crippen LogP contribution in [0.25, 0.3) is 0 Å². The number of nitrogens with two attached hydrogens (primary N) is 1. The molecule has 1 aromatic rings. The van der Waals surface area contributed by atoms with Crippen LogP contribution in [0.3, 0.4) is 0 Å². The zero-order chi connectivity index (χ0) is 19.4. The van der Waals surface area contributed by atoms with Crippen molar-refractivity contribution in [3.63, 3.8) is 0 Å². The zero-order valence-electron chi connectivity index (χ0n) is 15.9. The van der Waals surface area contributed by atoms with E-state index in [0.717, 1.165) is 0 Å². The van der Waals surface area contributed by atoms with E-state index >= 15 is 0 Å². The summed E-state index contributed by atoms with van der Waals surface area (Å²) in [5, 5.41) is 0. The number of methoxy groups -OCH3 is 1. The third-order valence-corrected chi connectivity index (χ3v) is 5.81. The van der Waals surface area contributed by atoms with Gasteiger partial charge in [0.25, 0.3) is 0 Å². The van der Waals surface area contributed by atoms with Gasteiger partial charge in [-0.1, -0.05) is 40.7 Å². The molecule has 0 aliphatic heterocycles. The van der Waals surface area contributed by atoms with E-state index in [4.69, 9.17) is 10.5 Å². The summed E-state index contributed by atoms with van der Waals surface area (Å²) in [6, 6.07) is 5.30. The van der Waals surface area contributed by atoms with Gasteiger partial charge in [0, 0.05) is 12.6 Å². The molecule has 0 fully saturated rings. The first kappa shape index (κ1) is 21.4. The molecule has 1 atom stereocenters. The fourth-order valence-corrected chi connectivity index (χ4v) is 4.50. The molecule has 0 heterocycles. The number of hydrogen-bond acceptors (Lipinski definition) is 4. The van der Waals surface area contributed by atoms with Crippen LogP contribution >= 0.6 is 0 Å². The van der Waals surface area contributed by atoms with Crippen molar-refractivity contribution in [2.24, 2.45) is 17.1 Å². The van der Waals surface area contributed by atoms with Crippen LogP contribution in [0.1, 0.15) is 41.0 Å². The fraction of sp³-hybridized carbons (Fsp3) is 0.611. The van der Waals surface area contributed by atoms with Crippen LogP contribution in [0.5, 0.6) is 5.75 Å². The first-order chi connectivity index (χ1) is 11.4. The van der Waals surface area contributed by atoms with Gasteiger partial charge < -0.3 is 10.5 Å². The van der Waals surface area contributed by atoms with E-state index in [1.54, 1.807) is 12.1 Å². The van der Waals surface area contributed by atoms with Gasteiger partial charge in [0.1, 0.15) is 11.8 Å². The summed E-state index contributed by atoms with van der Waals surface area (Å²) in [7, 11) is -2.43. The first-order valence-corrected chi connectivity index (χ1v) is 9.80. The Morgan fingerprint density at radius 3 is 2.32 bits per heavy atom. The van der Waals surface area contributed by atoms with Crippen LogP contribution in [-0.2, 0) is 14.8 Å². The number of benzene rings is 1. The van der Waals surface area contributed by atoms with Gasteiger partial charge in [0.05, 0.1) is 12.0 Å². The number of primary amides is 1. The Kier molecular flexibility index (Phi) is 7.02. The van der Waals surface area contributed by atoms with Gasteiger partial charge in [-0.2, -0.15) is 4.31 Å². The molecule has 7 heteroatoms. The van der Waals surface area contributed by atoms with E-state index in [1.165, 1.54) is 23.5 Å². The Balaban J connectivity index is 3.45. The zero-order valence-corrected chi connectivity index (χ0v) is 16.8. The summed E-state index contributed by atoms with van der Waals surface area (Å²) in [6.45, 7) is 9.67. The van der Waals surface area contributed by atoms with Crippen LogP contribution < -0.4 is 10.5 Å². The van der Waals surface area contributed by atoms with E-state index in [0.29, 0.717) is 12.2 Å². The molecule has 6 nitrogen and oxygen atoms in total. The molecule has 0 unspecified atom stereocenters. The number of sulfonamides is 1. The second-order valence-corrected chi connectivity index (χ2v) is 9.54. The van der Waals surface area contributed by atoms with E-state index in [1.807, 2.05) is 34.6 Å². The molecular formula is C18H30N2O4S. The predicted octanol–water partition coefficient (Wildman–Crippen LogP) is 2.63. The van der Waals surface area contributed by atoms with Crippen molar-refractivity contribution in [3.05, 3.63) is 24.3 Å². The molecule has 0 bridgehead atoms.